The first kappa shape index (κ1) is 15.1. The minimum absolute atomic E-state index is 0.0594. The molecule has 0 saturated carbocycles. The predicted molar refractivity (Wildman–Crippen MR) is 78.9 cm³/mol. The van der Waals surface area contributed by atoms with E-state index in [1.54, 1.807) is 4.90 Å². The fraction of sp³-hybridized carbons (Fsp3) is 0.400. The molecule has 0 radical (unpaired) electrons. The summed E-state index contributed by atoms with van der Waals surface area (Å²) in [5, 5.41) is 11.1. The Morgan fingerprint density at radius 3 is 2.70 bits per heavy atom. The fourth-order valence-electron chi connectivity index (χ4n) is 3.22. The summed E-state index contributed by atoms with van der Waals surface area (Å²) in [6.07, 6.45) is 1.27. The number of hydrogen-bond acceptors (Lipinski definition) is 5. The van der Waals surface area contributed by atoms with Crippen LogP contribution in [0.4, 0.5) is 5.69 Å². The molecule has 1 aromatic rings. The number of benzene rings is 1. The number of nitrogens with zero attached hydrogens (tertiary/aromatic N) is 3. The quantitative estimate of drug-likeness (QED) is 0.463. The van der Waals surface area contributed by atoms with Gasteiger partial charge in [-0.3, -0.25) is 29.4 Å². The summed E-state index contributed by atoms with van der Waals surface area (Å²) in [6, 6.07) is 3.60. The molecular formula is C15H15N3O5. The Bertz CT molecular complexity index is 730. The third-order valence-corrected chi connectivity index (χ3v) is 4.33. The van der Waals surface area contributed by atoms with E-state index >= 15 is 0 Å². The normalized spacial score (nSPS) is 20.7. The lowest BCUT2D eigenvalue weighted by molar-refractivity contribution is -0.385. The molecule has 0 N–H and O–H groups in total. The van der Waals surface area contributed by atoms with Crippen LogP contribution in [0.15, 0.2) is 18.2 Å². The van der Waals surface area contributed by atoms with Gasteiger partial charge in [-0.25, -0.2) is 0 Å². The highest BCUT2D eigenvalue weighted by atomic mass is 16.6. The number of carbonyl (C=O) groups is 3. The lowest BCUT2D eigenvalue weighted by Gasteiger charge is -2.36. The zero-order chi connectivity index (χ0) is 16.7. The van der Waals surface area contributed by atoms with Gasteiger partial charge in [-0.2, -0.15) is 0 Å². The first-order chi connectivity index (χ1) is 10.9. The number of nitro groups is 1. The van der Waals surface area contributed by atoms with Gasteiger partial charge < -0.3 is 4.90 Å². The summed E-state index contributed by atoms with van der Waals surface area (Å²) < 4.78 is 0. The van der Waals surface area contributed by atoms with Crippen LogP contribution < -0.4 is 0 Å². The maximum Gasteiger partial charge on any atom is 0.282 e. The second kappa shape index (κ2) is 5.45. The van der Waals surface area contributed by atoms with Crippen molar-refractivity contribution in [3.63, 3.8) is 0 Å². The van der Waals surface area contributed by atoms with E-state index in [1.165, 1.54) is 25.1 Å². The molecule has 120 valence electrons. The lowest BCUT2D eigenvalue weighted by atomic mass is 10.0. The van der Waals surface area contributed by atoms with E-state index in [0.717, 1.165) is 4.90 Å². The SMILES string of the molecule is CC(=O)N1CCC[C@@H](N2C(=O)c3cccc([N+](=O)[O-])c3C2=O)C1. The average molecular weight is 317 g/mol. The molecular weight excluding hydrogens is 302 g/mol. The van der Waals surface area contributed by atoms with E-state index in [9.17, 15) is 24.5 Å². The maximum atomic E-state index is 12.6. The molecule has 0 spiro atoms. The molecule has 8 heteroatoms. The standard InChI is InChI=1S/C15H15N3O5/c1-9(19)16-7-3-4-10(8-16)17-14(20)11-5-2-6-12(18(22)23)13(11)15(17)21/h2,5-6,10H,3-4,7-8H2,1H3/t10-/m1/s1. The van der Waals surface area contributed by atoms with Crippen LogP contribution >= 0.6 is 0 Å². The maximum absolute atomic E-state index is 12.6. The largest absolute Gasteiger partial charge is 0.341 e. The predicted octanol–water partition coefficient (Wildman–Crippen LogP) is 1.20. The number of fused-ring (bicyclic) bond motifs is 1. The molecule has 0 aromatic heterocycles. The van der Waals surface area contributed by atoms with Crippen LogP contribution in [0.1, 0.15) is 40.5 Å². The van der Waals surface area contributed by atoms with E-state index in [4.69, 9.17) is 0 Å². The van der Waals surface area contributed by atoms with Crippen molar-refractivity contribution in [2.24, 2.45) is 0 Å². The highest BCUT2D eigenvalue weighted by Gasteiger charge is 2.45. The lowest BCUT2D eigenvalue weighted by Crippen LogP contribution is -2.51. The van der Waals surface area contributed by atoms with Crippen molar-refractivity contribution in [2.75, 3.05) is 13.1 Å². The Hall–Kier alpha value is -2.77. The van der Waals surface area contributed by atoms with Gasteiger partial charge in [0.15, 0.2) is 0 Å². The molecule has 2 aliphatic heterocycles. The van der Waals surface area contributed by atoms with Gasteiger partial charge >= 0.3 is 0 Å². The third-order valence-electron chi connectivity index (χ3n) is 4.33. The molecule has 0 unspecified atom stereocenters. The number of amides is 3. The van der Waals surface area contributed by atoms with E-state index in [0.29, 0.717) is 19.4 Å². The Morgan fingerprint density at radius 2 is 2.04 bits per heavy atom. The third kappa shape index (κ3) is 2.36. The molecule has 2 aliphatic rings. The van der Waals surface area contributed by atoms with Crippen molar-refractivity contribution >= 4 is 23.4 Å². The van der Waals surface area contributed by atoms with Crippen LogP contribution in [0.5, 0.6) is 0 Å². The smallest absolute Gasteiger partial charge is 0.282 e. The van der Waals surface area contributed by atoms with E-state index in [-0.39, 0.29) is 29.3 Å². The van der Waals surface area contributed by atoms with Crippen LogP contribution in [0.25, 0.3) is 0 Å². The summed E-state index contributed by atoms with van der Waals surface area (Å²) in [6.45, 7) is 2.30. The van der Waals surface area contributed by atoms with Crippen molar-refractivity contribution in [2.45, 2.75) is 25.8 Å². The molecule has 1 atom stereocenters. The molecule has 1 fully saturated rings. The molecule has 1 saturated heterocycles. The first-order valence-electron chi connectivity index (χ1n) is 7.32. The number of imide groups is 1. The van der Waals surface area contributed by atoms with Gasteiger partial charge in [0, 0.05) is 26.1 Å². The molecule has 23 heavy (non-hydrogen) atoms. The molecule has 8 nitrogen and oxygen atoms in total. The summed E-state index contributed by atoms with van der Waals surface area (Å²) in [4.78, 5) is 49.8. The van der Waals surface area contributed by atoms with E-state index in [1.807, 2.05) is 0 Å². The minimum Gasteiger partial charge on any atom is -0.341 e. The van der Waals surface area contributed by atoms with Gasteiger partial charge in [-0.05, 0) is 18.9 Å². The van der Waals surface area contributed by atoms with Crippen LogP contribution in [0.2, 0.25) is 0 Å². The molecule has 3 amide bonds. The molecule has 2 heterocycles. The van der Waals surface area contributed by atoms with Crippen LogP contribution in [-0.4, -0.2) is 51.6 Å². The van der Waals surface area contributed by atoms with Crippen molar-refractivity contribution in [3.8, 4) is 0 Å². The highest BCUT2D eigenvalue weighted by molar-refractivity contribution is 6.23. The number of likely N-dealkylation sites (tertiary alicyclic amines) is 1. The van der Waals surface area contributed by atoms with Crippen LogP contribution in [0, 0.1) is 10.1 Å². The molecule has 1 aromatic carbocycles. The van der Waals surface area contributed by atoms with Gasteiger partial charge in [0.2, 0.25) is 5.91 Å². The van der Waals surface area contributed by atoms with Gasteiger partial charge in [-0.15, -0.1) is 0 Å². The zero-order valence-electron chi connectivity index (χ0n) is 12.5. The molecule has 0 bridgehead atoms. The van der Waals surface area contributed by atoms with Crippen molar-refractivity contribution < 1.29 is 19.3 Å². The number of rotatable bonds is 2. The van der Waals surface area contributed by atoms with Crippen LogP contribution in [-0.2, 0) is 4.79 Å². The monoisotopic (exact) mass is 317 g/mol. The minimum atomic E-state index is -0.656. The number of piperidine rings is 1. The van der Waals surface area contributed by atoms with Crippen molar-refractivity contribution in [1.29, 1.82) is 0 Å². The summed E-state index contributed by atoms with van der Waals surface area (Å²) in [5.41, 5.74) is -0.450. The van der Waals surface area contributed by atoms with E-state index < -0.39 is 22.8 Å². The molecule has 3 rings (SSSR count). The zero-order valence-corrected chi connectivity index (χ0v) is 12.5. The highest BCUT2D eigenvalue weighted by Crippen LogP contribution is 2.33. The van der Waals surface area contributed by atoms with Gasteiger partial charge in [0.05, 0.1) is 16.5 Å². The summed E-state index contributed by atoms with van der Waals surface area (Å²) >= 11 is 0. The van der Waals surface area contributed by atoms with Gasteiger partial charge in [-0.1, -0.05) is 6.07 Å². The number of nitro benzene ring substituents is 1. The van der Waals surface area contributed by atoms with Crippen LogP contribution in [0.3, 0.4) is 0 Å². The van der Waals surface area contributed by atoms with Gasteiger partial charge in [0.1, 0.15) is 5.56 Å². The average Bonchev–Trinajstić information content (AvgIpc) is 2.79. The molecule has 0 aliphatic carbocycles. The Balaban J connectivity index is 1.96. The summed E-state index contributed by atoms with van der Waals surface area (Å²) in [5.74, 6) is -1.28. The topological polar surface area (TPSA) is 101 Å². The summed E-state index contributed by atoms with van der Waals surface area (Å²) in [7, 11) is 0. The van der Waals surface area contributed by atoms with Gasteiger partial charge in [0.25, 0.3) is 17.5 Å². The Labute approximate surface area is 131 Å². The first-order valence-corrected chi connectivity index (χ1v) is 7.32. The fourth-order valence-corrected chi connectivity index (χ4v) is 3.22. The second-order valence-corrected chi connectivity index (χ2v) is 5.70. The van der Waals surface area contributed by atoms with Crippen molar-refractivity contribution in [3.05, 3.63) is 39.4 Å². The van der Waals surface area contributed by atoms with Crippen molar-refractivity contribution in [1.82, 2.24) is 9.80 Å². The Kier molecular flexibility index (Phi) is 3.59. The number of hydrogen-bond donors (Lipinski definition) is 0. The number of carbonyl (C=O) groups excluding carboxylic acids is 3. The second-order valence-electron chi connectivity index (χ2n) is 5.70. The Morgan fingerprint density at radius 1 is 1.30 bits per heavy atom. The van der Waals surface area contributed by atoms with E-state index in [2.05, 4.69) is 0 Å².